The van der Waals surface area contributed by atoms with Crippen LogP contribution in [0.3, 0.4) is 0 Å². The monoisotopic (exact) mass is 295 g/mol. The van der Waals surface area contributed by atoms with Gasteiger partial charge < -0.3 is 5.32 Å². The zero-order valence-electron chi connectivity index (χ0n) is 11.9. The van der Waals surface area contributed by atoms with Crippen LogP contribution in [0.4, 0.5) is 5.82 Å². The molecule has 0 saturated heterocycles. The van der Waals surface area contributed by atoms with Gasteiger partial charge in [-0.25, -0.2) is 4.98 Å². The number of aromatic nitrogens is 1. The molecule has 4 rings (SSSR count). The van der Waals surface area contributed by atoms with Gasteiger partial charge in [-0.3, -0.25) is 0 Å². The van der Waals surface area contributed by atoms with Crippen LogP contribution in [0.1, 0.15) is 45.0 Å². The fraction of sp³-hybridized carbons (Fsp3) is 0.412. The van der Waals surface area contributed by atoms with Gasteiger partial charge in [-0.15, -0.1) is 11.3 Å². The highest BCUT2D eigenvalue weighted by Crippen LogP contribution is 2.31. The number of nitriles is 1. The van der Waals surface area contributed by atoms with Crippen molar-refractivity contribution < 1.29 is 0 Å². The molecule has 21 heavy (non-hydrogen) atoms. The number of hydrogen-bond acceptors (Lipinski definition) is 4. The standard InChI is InChI=1S/C17H17N3S/c18-9-13-7-11-3-1-5-15(11)20-17(13)19-10-14-8-12-4-2-6-16(12)21-14/h7-8H,1-6,10H2,(H,19,20). The lowest BCUT2D eigenvalue weighted by Crippen LogP contribution is -2.04. The van der Waals surface area contributed by atoms with E-state index in [9.17, 15) is 5.26 Å². The lowest BCUT2D eigenvalue weighted by molar-refractivity contribution is 0.899. The van der Waals surface area contributed by atoms with Gasteiger partial charge in [0.2, 0.25) is 0 Å². The molecule has 0 aromatic carbocycles. The maximum absolute atomic E-state index is 9.31. The number of pyridine rings is 1. The molecule has 2 aromatic rings. The van der Waals surface area contributed by atoms with Crippen LogP contribution < -0.4 is 5.32 Å². The first-order chi connectivity index (χ1) is 10.3. The van der Waals surface area contributed by atoms with E-state index >= 15 is 0 Å². The number of rotatable bonds is 3. The highest BCUT2D eigenvalue weighted by Gasteiger charge is 2.17. The number of thiophene rings is 1. The molecule has 2 aliphatic carbocycles. The van der Waals surface area contributed by atoms with Gasteiger partial charge in [0.05, 0.1) is 12.1 Å². The number of nitrogens with zero attached hydrogens (tertiary/aromatic N) is 2. The molecule has 4 heteroatoms. The Balaban J connectivity index is 1.55. The average molecular weight is 295 g/mol. The molecule has 0 spiro atoms. The lowest BCUT2D eigenvalue weighted by atomic mass is 10.1. The van der Waals surface area contributed by atoms with Crippen molar-refractivity contribution in [3.63, 3.8) is 0 Å². The fourth-order valence-electron chi connectivity index (χ4n) is 3.34. The van der Waals surface area contributed by atoms with Crippen LogP contribution in [0.5, 0.6) is 0 Å². The number of aryl methyl sites for hydroxylation is 4. The minimum atomic E-state index is 0.680. The molecule has 0 aliphatic heterocycles. The molecule has 0 amide bonds. The summed E-state index contributed by atoms with van der Waals surface area (Å²) in [6.45, 7) is 0.776. The predicted molar refractivity (Wildman–Crippen MR) is 84.6 cm³/mol. The summed E-state index contributed by atoms with van der Waals surface area (Å²) in [5, 5.41) is 12.7. The summed E-state index contributed by atoms with van der Waals surface area (Å²) < 4.78 is 0. The van der Waals surface area contributed by atoms with E-state index in [2.05, 4.69) is 22.4 Å². The third kappa shape index (κ3) is 2.32. The largest absolute Gasteiger partial charge is 0.364 e. The molecule has 0 bridgehead atoms. The Labute approximate surface area is 128 Å². The van der Waals surface area contributed by atoms with Gasteiger partial charge in [-0.2, -0.15) is 5.26 Å². The Morgan fingerprint density at radius 1 is 1.14 bits per heavy atom. The van der Waals surface area contributed by atoms with Crippen LogP contribution in [0.15, 0.2) is 12.1 Å². The topological polar surface area (TPSA) is 48.7 Å². The third-order valence-electron chi connectivity index (χ3n) is 4.40. The van der Waals surface area contributed by atoms with Gasteiger partial charge in [-0.05, 0) is 61.8 Å². The summed E-state index contributed by atoms with van der Waals surface area (Å²) in [6, 6.07) is 6.62. The van der Waals surface area contributed by atoms with E-state index in [1.54, 1.807) is 4.88 Å². The Morgan fingerprint density at radius 2 is 2.00 bits per heavy atom. The first kappa shape index (κ1) is 12.8. The molecular formula is C17H17N3S. The second-order valence-corrected chi connectivity index (χ2v) is 7.05. The molecule has 0 fully saturated rings. The van der Waals surface area contributed by atoms with Crippen LogP contribution in [0.25, 0.3) is 0 Å². The second kappa shape index (κ2) is 5.16. The van der Waals surface area contributed by atoms with E-state index in [0.717, 1.165) is 31.6 Å². The number of anilines is 1. The first-order valence-electron chi connectivity index (χ1n) is 7.61. The third-order valence-corrected chi connectivity index (χ3v) is 5.64. The van der Waals surface area contributed by atoms with Gasteiger partial charge >= 0.3 is 0 Å². The zero-order chi connectivity index (χ0) is 14.2. The van der Waals surface area contributed by atoms with E-state index in [4.69, 9.17) is 0 Å². The summed E-state index contributed by atoms with van der Waals surface area (Å²) >= 11 is 1.91. The summed E-state index contributed by atoms with van der Waals surface area (Å²) in [7, 11) is 0. The van der Waals surface area contributed by atoms with Crippen LogP contribution in [0, 0.1) is 11.3 Å². The summed E-state index contributed by atoms with van der Waals surface area (Å²) in [6.07, 6.45) is 7.04. The van der Waals surface area contributed by atoms with E-state index < -0.39 is 0 Å². The van der Waals surface area contributed by atoms with Crippen molar-refractivity contribution in [3.05, 3.63) is 44.3 Å². The normalized spacial score (nSPS) is 15.6. The maximum atomic E-state index is 9.31. The number of hydrogen-bond donors (Lipinski definition) is 1. The SMILES string of the molecule is N#Cc1cc2c(nc1NCc1cc3c(s1)CCC3)CCC2. The van der Waals surface area contributed by atoms with Crippen molar-refractivity contribution in [3.8, 4) is 6.07 Å². The molecule has 106 valence electrons. The highest BCUT2D eigenvalue weighted by molar-refractivity contribution is 7.12. The van der Waals surface area contributed by atoms with Crippen molar-refractivity contribution in [1.82, 2.24) is 4.98 Å². The summed E-state index contributed by atoms with van der Waals surface area (Å²) in [5.74, 6) is 0.756. The minimum absolute atomic E-state index is 0.680. The smallest absolute Gasteiger partial charge is 0.144 e. The molecular weight excluding hydrogens is 278 g/mol. The van der Waals surface area contributed by atoms with Gasteiger partial charge in [0.1, 0.15) is 11.9 Å². The molecule has 0 unspecified atom stereocenters. The van der Waals surface area contributed by atoms with Crippen LogP contribution >= 0.6 is 11.3 Å². The van der Waals surface area contributed by atoms with E-state index in [1.807, 2.05) is 17.4 Å². The predicted octanol–water partition coefficient (Wildman–Crippen LogP) is 3.60. The van der Waals surface area contributed by atoms with E-state index in [0.29, 0.717) is 5.56 Å². The zero-order valence-corrected chi connectivity index (χ0v) is 12.7. The van der Waals surface area contributed by atoms with Crippen LogP contribution in [-0.4, -0.2) is 4.98 Å². The second-order valence-electron chi connectivity index (χ2n) is 5.82. The van der Waals surface area contributed by atoms with Crippen LogP contribution in [-0.2, 0) is 32.2 Å². The molecule has 1 N–H and O–H groups in total. The van der Waals surface area contributed by atoms with E-state index in [-0.39, 0.29) is 0 Å². The van der Waals surface area contributed by atoms with E-state index in [1.165, 1.54) is 41.0 Å². The molecule has 0 radical (unpaired) electrons. The van der Waals surface area contributed by atoms with Gasteiger partial charge in [0.15, 0.2) is 0 Å². The van der Waals surface area contributed by atoms with Crippen molar-refractivity contribution >= 4 is 17.2 Å². The van der Waals surface area contributed by atoms with Crippen molar-refractivity contribution in [2.45, 2.75) is 45.1 Å². The molecule has 2 aliphatic rings. The quantitative estimate of drug-likeness (QED) is 0.941. The van der Waals surface area contributed by atoms with Crippen LogP contribution in [0.2, 0.25) is 0 Å². The lowest BCUT2D eigenvalue weighted by Gasteiger charge is -2.09. The Kier molecular flexibility index (Phi) is 3.16. The molecule has 2 heterocycles. The van der Waals surface area contributed by atoms with Gasteiger partial charge in [-0.1, -0.05) is 0 Å². The number of fused-ring (bicyclic) bond motifs is 2. The molecule has 0 saturated carbocycles. The minimum Gasteiger partial charge on any atom is -0.364 e. The Bertz CT molecular complexity index is 718. The van der Waals surface area contributed by atoms with Crippen molar-refractivity contribution in [1.29, 1.82) is 5.26 Å². The van der Waals surface area contributed by atoms with Crippen molar-refractivity contribution in [2.24, 2.45) is 0 Å². The van der Waals surface area contributed by atoms with Gasteiger partial charge in [0.25, 0.3) is 0 Å². The summed E-state index contributed by atoms with van der Waals surface area (Å²) in [4.78, 5) is 7.58. The fourth-order valence-corrected chi connectivity index (χ4v) is 4.54. The first-order valence-corrected chi connectivity index (χ1v) is 8.42. The Hall–Kier alpha value is -1.86. The van der Waals surface area contributed by atoms with Gasteiger partial charge in [0, 0.05) is 15.4 Å². The molecule has 2 aromatic heterocycles. The highest BCUT2D eigenvalue weighted by atomic mass is 32.1. The molecule has 3 nitrogen and oxygen atoms in total. The van der Waals surface area contributed by atoms with Crippen molar-refractivity contribution in [2.75, 3.05) is 5.32 Å². The molecule has 0 atom stereocenters. The average Bonchev–Trinajstić information content (AvgIpc) is 3.18. The number of nitrogens with one attached hydrogen (secondary N) is 1. The summed E-state index contributed by atoms with van der Waals surface area (Å²) in [5.41, 5.74) is 4.64. The Morgan fingerprint density at radius 3 is 2.86 bits per heavy atom. The maximum Gasteiger partial charge on any atom is 0.144 e.